The Morgan fingerprint density at radius 1 is 0.255 bits per heavy atom. The molecule has 0 radical (unpaired) electrons. The number of carbonyl (C=O) groups excluding carboxylic acids is 4. The minimum atomic E-state index is -5.03. The van der Waals surface area contributed by atoms with Crippen LogP contribution in [-0.4, -0.2) is 96.7 Å². The number of esters is 4. The van der Waals surface area contributed by atoms with Crippen molar-refractivity contribution in [3.8, 4) is 0 Å². The van der Waals surface area contributed by atoms with Gasteiger partial charge in [-0.05, 0) is 186 Å². The predicted molar refractivity (Wildman–Crippen MR) is 454 cm³/mol. The Hall–Kier alpha value is -6.88. The van der Waals surface area contributed by atoms with Gasteiger partial charge in [-0.2, -0.15) is 0 Å². The number of rotatable bonds is 73. The second-order valence-corrected chi connectivity index (χ2v) is 28.7. The van der Waals surface area contributed by atoms with Crippen molar-refractivity contribution in [2.75, 3.05) is 39.6 Å². The molecular formula is C91H140O17P2. The molecule has 0 rings (SSSR count). The molecule has 17 nitrogen and oxygen atoms in total. The third-order valence-electron chi connectivity index (χ3n) is 15.6. The highest BCUT2D eigenvalue weighted by atomic mass is 31.2. The number of aliphatic hydroxyl groups is 1. The molecule has 0 aliphatic carbocycles. The predicted octanol–water partition coefficient (Wildman–Crippen LogP) is 24.2. The number of hydrogen-bond acceptors (Lipinski definition) is 15. The molecule has 0 saturated carbocycles. The first-order valence-corrected chi connectivity index (χ1v) is 43.6. The highest BCUT2D eigenvalue weighted by Gasteiger charge is 2.30. The second-order valence-electron chi connectivity index (χ2n) is 25.8. The van der Waals surface area contributed by atoms with E-state index < -0.39 is 97.5 Å². The molecule has 5 atom stereocenters. The zero-order chi connectivity index (χ0) is 80.3. The monoisotopic (exact) mass is 1570 g/mol. The van der Waals surface area contributed by atoms with E-state index in [1.807, 2.05) is 24.3 Å². The molecule has 0 aliphatic heterocycles. The molecule has 0 spiro atoms. The molecule has 0 aromatic rings. The zero-order valence-corrected chi connectivity index (χ0v) is 69.1. The van der Waals surface area contributed by atoms with E-state index in [4.69, 9.17) is 37.0 Å². The van der Waals surface area contributed by atoms with Crippen molar-refractivity contribution >= 4 is 39.5 Å². The SMILES string of the molecule is CC/C=C\C/C=C\C/C=C\C/C=C\C/C=C\CCCCCC(=O)OCC(COP(=O)(O)OCC(O)COP(=O)(O)OCC(COC(=O)CCC/C=C\C/C=C\C/C=C\C/C=C\C/C=C\CC)OC(=O)CCC/C=C\C/C=C\C/C=C\C/C=C\C/C=C\CC)OC(=O)CCCCCC/C=C\C/C=C\C/C=C\C/C=C\CC. The molecule has 0 bridgehead atoms. The molecule has 3 N–H and O–H groups in total. The molecule has 0 fully saturated rings. The third kappa shape index (κ3) is 79.2. The van der Waals surface area contributed by atoms with Gasteiger partial charge in [0.15, 0.2) is 12.2 Å². The third-order valence-corrected chi connectivity index (χ3v) is 17.5. The Morgan fingerprint density at radius 3 is 0.727 bits per heavy atom. The van der Waals surface area contributed by atoms with Crippen LogP contribution in [0.25, 0.3) is 0 Å². The van der Waals surface area contributed by atoms with Gasteiger partial charge >= 0.3 is 39.5 Å². The van der Waals surface area contributed by atoms with Crippen LogP contribution in [0.3, 0.4) is 0 Å². The number of carbonyl (C=O) groups is 4. The Morgan fingerprint density at radius 2 is 0.455 bits per heavy atom. The molecular weight excluding hydrogens is 1430 g/mol. The molecule has 0 aromatic heterocycles. The van der Waals surface area contributed by atoms with Crippen LogP contribution < -0.4 is 0 Å². The zero-order valence-electron chi connectivity index (χ0n) is 67.3. The van der Waals surface area contributed by atoms with Crippen LogP contribution >= 0.6 is 15.6 Å². The van der Waals surface area contributed by atoms with Gasteiger partial charge in [0.05, 0.1) is 26.4 Å². The first kappa shape index (κ1) is 103. The maximum Gasteiger partial charge on any atom is 0.472 e. The van der Waals surface area contributed by atoms with Crippen LogP contribution in [-0.2, 0) is 65.4 Å². The van der Waals surface area contributed by atoms with Crippen LogP contribution in [0.1, 0.15) is 259 Å². The lowest BCUT2D eigenvalue weighted by Crippen LogP contribution is -2.30. The fraction of sp³-hybridized carbons (Fsp3) is 0.538. The molecule has 0 saturated heterocycles. The first-order chi connectivity index (χ1) is 53.7. The van der Waals surface area contributed by atoms with E-state index in [9.17, 15) is 43.2 Å². The highest BCUT2D eigenvalue weighted by molar-refractivity contribution is 7.47. The molecule has 110 heavy (non-hydrogen) atoms. The maximum atomic E-state index is 13.1. The fourth-order valence-electron chi connectivity index (χ4n) is 9.60. The van der Waals surface area contributed by atoms with Gasteiger partial charge in [-0.1, -0.05) is 278 Å². The van der Waals surface area contributed by atoms with E-state index in [1.165, 1.54) is 0 Å². The summed E-state index contributed by atoms with van der Waals surface area (Å²) in [7, 11) is -10.0. The minimum Gasteiger partial charge on any atom is -0.462 e. The van der Waals surface area contributed by atoms with Crippen LogP contribution in [0.2, 0.25) is 0 Å². The lowest BCUT2D eigenvalue weighted by molar-refractivity contribution is -0.161. The lowest BCUT2D eigenvalue weighted by atomic mass is 10.1. The van der Waals surface area contributed by atoms with Crippen molar-refractivity contribution in [3.63, 3.8) is 0 Å². The van der Waals surface area contributed by atoms with Crippen molar-refractivity contribution < 1.29 is 80.2 Å². The van der Waals surface area contributed by atoms with E-state index >= 15 is 0 Å². The maximum absolute atomic E-state index is 13.1. The summed E-state index contributed by atoms with van der Waals surface area (Å²) in [4.78, 5) is 73.1. The van der Waals surface area contributed by atoms with Gasteiger partial charge in [0, 0.05) is 25.7 Å². The van der Waals surface area contributed by atoms with E-state index in [1.54, 1.807) is 0 Å². The van der Waals surface area contributed by atoms with Gasteiger partial charge < -0.3 is 33.8 Å². The van der Waals surface area contributed by atoms with Crippen molar-refractivity contribution in [3.05, 3.63) is 231 Å². The summed E-state index contributed by atoms with van der Waals surface area (Å²) in [6.45, 7) is 4.18. The second kappa shape index (κ2) is 80.2. The van der Waals surface area contributed by atoms with Gasteiger partial charge in [-0.3, -0.25) is 37.3 Å². The Bertz CT molecular complexity index is 3000. The summed E-state index contributed by atoms with van der Waals surface area (Å²) in [6, 6.07) is 0. The van der Waals surface area contributed by atoms with Gasteiger partial charge in [0.1, 0.15) is 19.3 Å². The molecule has 0 amide bonds. The van der Waals surface area contributed by atoms with E-state index in [-0.39, 0.29) is 25.7 Å². The number of phosphoric acid groups is 2. The largest absolute Gasteiger partial charge is 0.472 e. The number of phosphoric ester groups is 2. The smallest absolute Gasteiger partial charge is 0.462 e. The van der Waals surface area contributed by atoms with Crippen molar-refractivity contribution in [2.24, 2.45) is 0 Å². The molecule has 616 valence electrons. The van der Waals surface area contributed by atoms with Crippen LogP contribution in [0, 0.1) is 0 Å². The Balaban J connectivity index is 5.57. The fourth-order valence-corrected chi connectivity index (χ4v) is 11.2. The summed E-state index contributed by atoms with van der Waals surface area (Å²) >= 11 is 0. The normalized spacial score (nSPS) is 15.0. The summed E-state index contributed by atoms with van der Waals surface area (Å²) in [5, 5.41) is 10.7. The molecule has 0 aliphatic rings. The molecule has 19 heteroatoms. The van der Waals surface area contributed by atoms with Crippen molar-refractivity contribution in [1.29, 1.82) is 0 Å². The van der Waals surface area contributed by atoms with Crippen molar-refractivity contribution in [2.45, 2.75) is 277 Å². The van der Waals surface area contributed by atoms with Gasteiger partial charge in [0.25, 0.3) is 0 Å². The van der Waals surface area contributed by atoms with Crippen LogP contribution in [0.4, 0.5) is 0 Å². The number of aliphatic hydroxyl groups excluding tert-OH is 1. The summed E-state index contributed by atoms with van der Waals surface area (Å²) < 4.78 is 68.5. The number of allylic oxidation sites excluding steroid dienone is 38. The van der Waals surface area contributed by atoms with Gasteiger partial charge in [-0.15, -0.1) is 0 Å². The first-order valence-electron chi connectivity index (χ1n) is 40.6. The summed E-state index contributed by atoms with van der Waals surface area (Å²) in [5.41, 5.74) is 0. The van der Waals surface area contributed by atoms with Gasteiger partial charge in [0.2, 0.25) is 0 Å². The van der Waals surface area contributed by atoms with E-state index in [0.29, 0.717) is 38.5 Å². The topological polar surface area (TPSA) is 237 Å². The average Bonchev–Trinajstić information content (AvgIpc) is 0.906. The summed E-state index contributed by atoms with van der Waals surface area (Å²) in [5.74, 6) is -2.41. The van der Waals surface area contributed by atoms with Crippen molar-refractivity contribution in [1.82, 2.24) is 0 Å². The molecule has 0 aromatic carbocycles. The summed E-state index contributed by atoms with van der Waals surface area (Å²) in [6.07, 6.45) is 103. The van der Waals surface area contributed by atoms with Gasteiger partial charge in [-0.25, -0.2) is 9.13 Å². The number of unbranched alkanes of at least 4 members (excludes halogenated alkanes) is 9. The molecule has 0 heterocycles. The molecule has 5 unspecified atom stereocenters. The Kier molecular flexibility index (Phi) is 75.2. The average molecular weight is 1570 g/mol. The van der Waals surface area contributed by atoms with Crippen LogP contribution in [0.15, 0.2) is 231 Å². The number of hydrogen-bond donors (Lipinski definition) is 3. The lowest BCUT2D eigenvalue weighted by Gasteiger charge is -2.21. The Labute approximate surface area is 664 Å². The minimum absolute atomic E-state index is 0.00749. The number of ether oxygens (including phenoxy) is 4. The van der Waals surface area contributed by atoms with E-state index in [2.05, 4.69) is 234 Å². The van der Waals surface area contributed by atoms with Crippen LogP contribution in [0.5, 0.6) is 0 Å². The standard InChI is InChI=1S/C91H140O17P2/c1-5-9-13-17-21-25-29-33-37-41-42-46-48-52-56-60-64-68-72-76-89(94)102-82-87(108-91(96)78-74-70-66-62-58-54-50-45-40-36-32-28-24-20-16-12-8-4)84-106-110(99,100)104-80-85(92)79-103-109(97,98)105-83-86(107-90(95)77-73-69-65-61-57-53-49-44-39-35-31-27-23-19-15-11-7-3)81-101-88(93)75-71-67-63-59-55-51-47-43-38-34-30-26-22-18-14-10-6-2/h9-16,21-28,33-40,42,46-47,49-54,56,59,61,63,65,85-87,92H,5-8,17-20,29-32,41,43-45,48,55,57-58,60,62,64,66-84H2,1-4H3,(H,97,98)(H,99,100)/b13-9-,14-10-,15-11-,16-12-,25-21-,26-22-,27-23-,28-24-,37-33-,38-34-,39-35-,40-36-,46-42-,51-47-,53-49-,54-50-,56-52-,63-59-,65-61-. The highest BCUT2D eigenvalue weighted by Crippen LogP contribution is 2.45. The quantitative estimate of drug-likeness (QED) is 0.0169. The van der Waals surface area contributed by atoms with E-state index in [0.717, 1.165) is 167 Å².